The van der Waals surface area contributed by atoms with Crippen LogP contribution in [0.3, 0.4) is 0 Å². The van der Waals surface area contributed by atoms with Gasteiger partial charge >= 0.3 is 0 Å². The summed E-state index contributed by atoms with van der Waals surface area (Å²) in [5.41, 5.74) is 2.13. The van der Waals surface area contributed by atoms with Gasteiger partial charge in [-0.2, -0.15) is 0 Å². The van der Waals surface area contributed by atoms with Crippen molar-refractivity contribution in [3.8, 4) is 0 Å². The molecule has 2 unspecified atom stereocenters. The molecule has 0 saturated carbocycles. The quantitative estimate of drug-likeness (QED) is 0.823. The van der Waals surface area contributed by atoms with E-state index in [1.165, 1.54) is 0 Å². The van der Waals surface area contributed by atoms with Crippen molar-refractivity contribution in [1.82, 2.24) is 14.7 Å². The Labute approximate surface area is 129 Å². The molecule has 0 spiro atoms. The lowest BCUT2D eigenvalue weighted by atomic mass is 10.0. The molecule has 0 aliphatic carbocycles. The first-order valence-corrected chi connectivity index (χ1v) is 8.20. The highest BCUT2D eigenvalue weighted by Gasteiger charge is 2.10. The van der Waals surface area contributed by atoms with E-state index in [2.05, 4.69) is 20.1 Å². The van der Waals surface area contributed by atoms with Gasteiger partial charge in [-0.3, -0.25) is 9.20 Å². The Morgan fingerprint density at radius 3 is 3.00 bits per heavy atom. The van der Waals surface area contributed by atoms with Crippen molar-refractivity contribution in [2.75, 3.05) is 6.54 Å². The SMILES string of the molecule is Cc1cn2c(CCC(=O)NCC(C)CC(C)O)csc2n1. The lowest BCUT2D eigenvalue weighted by Gasteiger charge is -2.14. The highest BCUT2D eigenvalue weighted by molar-refractivity contribution is 7.15. The maximum Gasteiger partial charge on any atom is 0.220 e. The van der Waals surface area contributed by atoms with Crippen LogP contribution in [-0.2, 0) is 11.2 Å². The summed E-state index contributed by atoms with van der Waals surface area (Å²) in [7, 11) is 0. The molecular weight excluding hydrogens is 286 g/mol. The Balaban J connectivity index is 1.78. The van der Waals surface area contributed by atoms with Gasteiger partial charge in [-0.15, -0.1) is 11.3 Å². The van der Waals surface area contributed by atoms with Crippen molar-refractivity contribution >= 4 is 22.2 Å². The Morgan fingerprint density at radius 1 is 1.52 bits per heavy atom. The van der Waals surface area contributed by atoms with Gasteiger partial charge in [0.2, 0.25) is 5.91 Å². The number of aromatic nitrogens is 2. The van der Waals surface area contributed by atoms with Crippen LogP contribution in [0.15, 0.2) is 11.6 Å². The number of carbonyl (C=O) groups is 1. The van der Waals surface area contributed by atoms with Crippen LogP contribution in [0.2, 0.25) is 0 Å². The molecule has 5 nitrogen and oxygen atoms in total. The maximum absolute atomic E-state index is 11.9. The monoisotopic (exact) mass is 309 g/mol. The van der Waals surface area contributed by atoms with Crippen LogP contribution in [0.1, 0.15) is 38.1 Å². The van der Waals surface area contributed by atoms with Crippen molar-refractivity contribution in [2.45, 2.75) is 46.1 Å². The third-order valence-corrected chi connectivity index (χ3v) is 4.29. The first-order chi connectivity index (χ1) is 9.95. The van der Waals surface area contributed by atoms with E-state index in [9.17, 15) is 9.90 Å². The fourth-order valence-corrected chi connectivity index (χ4v) is 3.36. The van der Waals surface area contributed by atoms with E-state index in [0.717, 1.165) is 16.3 Å². The normalized spacial score (nSPS) is 14.3. The molecule has 0 saturated heterocycles. The minimum absolute atomic E-state index is 0.0589. The summed E-state index contributed by atoms with van der Waals surface area (Å²) < 4.78 is 2.06. The molecule has 0 aromatic carbocycles. The first kappa shape index (κ1) is 16.0. The number of imidazole rings is 1. The van der Waals surface area contributed by atoms with Crippen LogP contribution in [0.25, 0.3) is 4.96 Å². The molecule has 2 heterocycles. The lowest BCUT2D eigenvalue weighted by Crippen LogP contribution is -2.29. The Kier molecular flexibility index (Phi) is 5.36. The third kappa shape index (κ3) is 4.54. The van der Waals surface area contributed by atoms with Crippen molar-refractivity contribution in [3.05, 3.63) is 23.0 Å². The maximum atomic E-state index is 11.9. The number of carbonyl (C=O) groups excluding carboxylic acids is 1. The fourth-order valence-electron chi connectivity index (χ4n) is 2.41. The molecule has 1 amide bonds. The summed E-state index contributed by atoms with van der Waals surface area (Å²) in [4.78, 5) is 17.3. The highest BCUT2D eigenvalue weighted by atomic mass is 32.1. The largest absolute Gasteiger partial charge is 0.393 e. The predicted molar refractivity (Wildman–Crippen MR) is 84.6 cm³/mol. The number of thiazole rings is 1. The fraction of sp³-hybridized carbons (Fsp3) is 0.600. The number of aliphatic hydroxyl groups is 1. The van der Waals surface area contributed by atoms with Crippen molar-refractivity contribution in [3.63, 3.8) is 0 Å². The molecule has 2 N–H and O–H groups in total. The van der Waals surface area contributed by atoms with E-state index in [4.69, 9.17) is 0 Å². The second-order valence-electron chi connectivity index (χ2n) is 5.76. The minimum Gasteiger partial charge on any atom is -0.393 e. The molecule has 6 heteroatoms. The second-order valence-corrected chi connectivity index (χ2v) is 6.59. The van der Waals surface area contributed by atoms with Gasteiger partial charge in [0.05, 0.1) is 11.8 Å². The molecule has 0 radical (unpaired) electrons. The van der Waals surface area contributed by atoms with Gasteiger partial charge in [0.1, 0.15) is 0 Å². The number of hydrogen-bond donors (Lipinski definition) is 2. The molecule has 2 aromatic rings. The van der Waals surface area contributed by atoms with Crippen molar-refractivity contribution in [1.29, 1.82) is 0 Å². The molecule has 21 heavy (non-hydrogen) atoms. The topological polar surface area (TPSA) is 66.6 Å². The summed E-state index contributed by atoms with van der Waals surface area (Å²) in [5, 5.41) is 14.3. The van der Waals surface area contributed by atoms with E-state index in [0.29, 0.717) is 25.8 Å². The summed E-state index contributed by atoms with van der Waals surface area (Å²) in [6, 6.07) is 0. The Morgan fingerprint density at radius 2 is 2.29 bits per heavy atom. The van der Waals surface area contributed by atoms with Gasteiger partial charge in [-0.05, 0) is 32.6 Å². The molecular formula is C15H23N3O2S. The number of nitrogens with zero attached hydrogens (tertiary/aromatic N) is 2. The zero-order valence-corrected chi connectivity index (χ0v) is 13.6. The Hall–Kier alpha value is -1.40. The van der Waals surface area contributed by atoms with E-state index in [1.54, 1.807) is 18.3 Å². The van der Waals surface area contributed by atoms with E-state index in [-0.39, 0.29) is 17.9 Å². The van der Waals surface area contributed by atoms with E-state index < -0.39 is 0 Å². The molecule has 2 rings (SSSR count). The third-order valence-electron chi connectivity index (χ3n) is 3.40. The molecule has 0 aliphatic heterocycles. The average molecular weight is 309 g/mol. The molecule has 2 aromatic heterocycles. The Bertz CT molecular complexity index is 603. The number of amides is 1. The molecule has 2 atom stereocenters. The minimum atomic E-state index is -0.319. The number of fused-ring (bicyclic) bond motifs is 1. The standard InChI is InChI=1S/C15H23N3O2S/c1-10(6-12(3)19)7-16-14(20)5-4-13-9-21-15-17-11(2)8-18(13)15/h8-10,12,19H,4-7H2,1-3H3,(H,16,20). The van der Waals surface area contributed by atoms with Gasteiger partial charge in [0, 0.05) is 30.2 Å². The number of rotatable bonds is 7. The van der Waals surface area contributed by atoms with Crippen molar-refractivity contribution < 1.29 is 9.90 Å². The van der Waals surface area contributed by atoms with Gasteiger partial charge < -0.3 is 10.4 Å². The van der Waals surface area contributed by atoms with Gasteiger partial charge in [-0.25, -0.2) is 4.98 Å². The number of nitrogens with one attached hydrogen (secondary N) is 1. The zero-order chi connectivity index (χ0) is 15.4. The zero-order valence-electron chi connectivity index (χ0n) is 12.8. The summed E-state index contributed by atoms with van der Waals surface area (Å²) in [6.45, 7) is 6.39. The summed E-state index contributed by atoms with van der Waals surface area (Å²) in [6.07, 6.45) is 3.58. The van der Waals surface area contributed by atoms with Crippen LogP contribution in [0.4, 0.5) is 0 Å². The van der Waals surface area contributed by atoms with Crippen LogP contribution >= 0.6 is 11.3 Å². The number of aryl methyl sites for hydroxylation is 2. The number of aliphatic hydroxyl groups excluding tert-OH is 1. The van der Waals surface area contributed by atoms with Crippen LogP contribution in [0, 0.1) is 12.8 Å². The van der Waals surface area contributed by atoms with E-state index >= 15 is 0 Å². The summed E-state index contributed by atoms with van der Waals surface area (Å²) in [5.74, 6) is 0.349. The van der Waals surface area contributed by atoms with Crippen LogP contribution in [-0.4, -0.2) is 33.0 Å². The predicted octanol–water partition coefficient (Wildman–Crippen LogP) is 2.16. The lowest BCUT2D eigenvalue weighted by molar-refractivity contribution is -0.121. The van der Waals surface area contributed by atoms with E-state index in [1.807, 2.05) is 20.0 Å². The van der Waals surface area contributed by atoms with Gasteiger partial charge in [0.15, 0.2) is 4.96 Å². The average Bonchev–Trinajstić information content (AvgIpc) is 2.92. The second kappa shape index (κ2) is 7.04. The molecule has 0 fully saturated rings. The molecule has 0 aliphatic rings. The van der Waals surface area contributed by atoms with Crippen LogP contribution in [0.5, 0.6) is 0 Å². The van der Waals surface area contributed by atoms with Crippen LogP contribution < -0.4 is 5.32 Å². The molecule has 0 bridgehead atoms. The van der Waals surface area contributed by atoms with Gasteiger partial charge in [0.25, 0.3) is 0 Å². The smallest absolute Gasteiger partial charge is 0.220 e. The number of hydrogen-bond acceptors (Lipinski definition) is 4. The molecule has 116 valence electrons. The first-order valence-electron chi connectivity index (χ1n) is 7.32. The highest BCUT2D eigenvalue weighted by Crippen LogP contribution is 2.17. The van der Waals surface area contributed by atoms with Crippen molar-refractivity contribution in [2.24, 2.45) is 5.92 Å². The summed E-state index contributed by atoms with van der Waals surface area (Å²) >= 11 is 1.60. The van der Waals surface area contributed by atoms with Gasteiger partial charge in [-0.1, -0.05) is 6.92 Å².